The van der Waals surface area contributed by atoms with Crippen molar-refractivity contribution in [1.82, 2.24) is 5.43 Å². The molecular weight excluding hydrogens is 370 g/mol. The lowest BCUT2D eigenvalue weighted by Gasteiger charge is -2.10. The quantitative estimate of drug-likeness (QED) is 0.262. The maximum atomic E-state index is 11.9. The Morgan fingerprint density at radius 3 is 2.59 bits per heavy atom. The first kappa shape index (κ1) is 21.7. The van der Waals surface area contributed by atoms with Crippen molar-refractivity contribution in [3.05, 3.63) is 65.7 Å². The first-order valence-corrected chi connectivity index (χ1v) is 9.21. The number of aromatic hydroxyl groups is 1. The molecule has 3 N–H and O–H groups in total. The van der Waals surface area contributed by atoms with Crippen LogP contribution in [-0.4, -0.2) is 29.7 Å². The molecule has 0 spiro atoms. The number of phenols is 1. The van der Waals surface area contributed by atoms with Gasteiger partial charge in [-0.15, -0.1) is 6.58 Å². The Morgan fingerprint density at radius 2 is 1.93 bits per heavy atom. The summed E-state index contributed by atoms with van der Waals surface area (Å²) < 4.78 is 5.42. The predicted molar refractivity (Wildman–Crippen MR) is 113 cm³/mol. The molecule has 0 aromatic heterocycles. The molecule has 0 fully saturated rings. The number of hydrogen-bond acceptors (Lipinski definition) is 5. The minimum Gasteiger partial charge on any atom is -0.504 e. The summed E-state index contributed by atoms with van der Waals surface area (Å²) in [6, 6.07) is 10.6. The number of carbonyl (C=O) groups is 2. The van der Waals surface area contributed by atoms with Crippen LogP contribution in [0.25, 0.3) is 0 Å². The van der Waals surface area contributed by atoms with Crippen LogP contribution in [0.5, 0.6) is 11.5 Å². The number of rotatable bonds is 9. The molecule has 152 valence electrons. The summed E-state index contributed by atoms with van der Waals surface area (Å²) in [5.41, 5.74) is 5.29. The Balaban J connectivity index is 1.95. The molecule has 0 saturated carbocycles. The third-order valence-electron chi connectivity index (χ3n) is 3.90. The SMILES string of the molecule is C=CCc1cc(C=NNC(=O)CC(=O)Nc2ccc(C)cc2)cc(OCC)c1O. The van der Waals surface area contributed by atoms with E-state index < -0.39 is 11.8 Å². The molecular formula is C22H25N3O4. The van der Waals surface area contributed by atoms with Crippen LogP contribution in [0.4, 0.5) is 5.69 Å². The number of phenolic OH excluding ortho intramolecular Hbond substituents is 1. The summed E-state index contributed by atoms with van der Waals surface area (Å²) in [4.78, 5) is 23.9. The van der Waals surface area contributed by atoms with E-state index in [2.05, 4.69) is 22.4 Å². The lowest BCUT2D eigenvalue weighted by molar-refractivity contribution is -0.126. The number of benzene rings is 2. The van der Waals surface area contributed by atoms with Crippen molar-refractivity contribution in [2.45, 2.75) is 26.7 Å². The number of aryl methyl sites for hydroxylation is 1. The first-order valence-electron chi connectivity index (χ1n) is 9.21. The smallest absolute Gasteiger partial charge is 0.249 e. The molecule has 0 unspecified atom stereocenters. The van der Waals surface area contributed by atoms with Crippen molar-refractivity contribution in [3.8, 4) is 11.5 Å². The zero-order valence-corrected chi connectivity index (χ0v) is 16.6. The van der Waals surface area contributed by atoms with Gasteiger partial charge in [-0.1, -0.05) is 23.8 Å². The van der Waals surface area contributed by atoms with Gasteiger partial charge >= 0.3 is 0 Å². The number of hydrazone groups is 1. The number of ether oxygens (including phenoxy) is 1. The summed E-state index contributed by atoms with van der Waals surface area (Å²) in [5, 5.41) is 16.7. The Kier molecular flexibility index (Phi) is 7.97. The van der Waals surface area contributed by atoms with E-state index in [1.807, 2.05) is 26.0 Å². The number of hydrogen-bond donors (Lipinski definition) is 3. The highest BCUT2D eigenvalue weighted by Gasteiger charge is 2.11. The summed E-state index contributed by atoms with van der Waals surface area (Å²) in [6.07, 6.45) is 3.19. The average Bonchev–Trinajstić information content (AvgIpc) is 2.67. The van der Waals surface area contributed by atoms with Gasteiger partial charge in [0.1, 0.15) is 6.42 Å². The molecule has 0 heterocycles. The van der Waals surface area contributed by atoms with Gasteiger partial charge in [-0.25, -0.2) is 5.43 Å². The minimum absolute atomic E-state index is 0.0562. The Hall–Kier alpha value is -3.61. The van der Waals surface area contributed by atoms with E-state index in [-0.39, 0.29) is 12.2 Å². The number of nitrogens with zero attached hydrogens (tertiary/aromatic N) is 1. The van der Waals surface area contributed by atoms with Crippen molar-refractivity contribution in [2.75, 3.05) is 11.9 Å². The molecule has 2 amide bonds. The summed E-state index contributed by atoms with van der Waals surface area (Å²) in [5.74, 6) is -0.586. The first-order chi connectivity index (χ1) is 13.9. The van der Waals surface area contributed by atoms with Crippen LogP contribution in [-0.2, 0) is 16.0 Å². The number of allylic oxidation sites excluding steroid dienone is 1. The van der Waals surface area contributed by atoms with E-state index in [1.54, 1.807) is 30.3 Å². The van der Waals surface area contributed by atoms with Gasteiger partial charge in [0.2, 0.25) is 11.8 Å². The van der Waals surface area contributed by atoms with Gasteiger partial charge in [0, 0.05) is 11.3 Å². The average molecular weight is 395 g/mol. The molecule has 0 aliphatic heterocycles. The van der Waals surface area contributed by atoms with Crippen molar-refractivity contribution >= 4 is 23.7 Å². The van der Waals surface area contributed by atoms with E-state index in [0.717, 1.165) is 5.56 Å². The van der Waals surface area contributed by atoms with E-state index in [0.29, 0.717) is 35.6 Å². The summed E-state index contributed by atoms with van der Waals surface area (Å²) in [6.45, 7) is 7.83. The fourth-order valence-corrected chi connectivity index (χ4v) is 2.55. The number of nitrogens with one attached hydrogen (secondary N) is 2. The maximum Gasteiger partial charge on any atom is 0.249 e. The van der Waals surface area contributed by atoms with E-state index >= 15 is 0 Å². The Labute approximate surface area is 170 Å². The number of amides is 2. The normalized spacial score (nSPS) is 10.6. The fraction of sp³-hybridized carbons (Fsp3) is 0.227. The molecule has 29 heavy (non-hydrogen) atoms. The van der Waals surface area contributed by atoms with Crippen LogP contribution in [0.1, 0.15) is 30.0 Å². The van der Waals surface area contributed by atoms with Crippen molar-refractivity contribution in [3.63, 3.8) is 0 Å². The molecule has 0 saturated heterocycles. The van der Waals surface area contributed by atoms with Gasteiger partial charge in [-0.2, -0.15) is 5.10 Å². The zero-order chi connectivity index (χ0) is 21.2. The lowest BCUT2D eigenvalue weighted by Crippen LogP contribution is -2.24. The second kappa shape index (κ2) is 10.7. The molecule has 7 nitrogen and oxygen atoms in total. The van der Waals surface area contributed by atoms with Gasteiger partial charge in [0.25, 0.3) is 0 Å². The molecule has 2 rings (SSSR count). The van der Waals surface area contributed by atoms with Gasteiger partial charge in [0.15, 0.2) is 11.5 Å². The van der Waals surface area contributed by atoms with Gasteiger partial charge < -0.3 is 15.2 Å². The van der Waals surface area contributed by atoms with Crippen LogP contribution in [0.15, 0.2) is 54.2 Å². The van der Waals surface area contributed by atoms with Crippen molar-refractivity contribution in [1.29, 1.82) is 0 Å². The van der Waals surface area contributed by atoms with Crippen LogP contribution in [0.2, 0.25) is 0 Å². The molecule has 2 aromatic carbocycles. The van der Waals surface area contributed by atoms with Crippen LogP contribution >= 0.6 is 0 Å². The van der Waals surface area contributed by atoms with Crippen molar-refractivity contribution in [2.24, 2.45) is 5.10 Å². The third kappa shape index (κ3) is 6.80. The molecule has 2 aromatic rings. The highest BCUT2D eigenvalue weighted by molar-refractivity contribution is 6.03. The molecule has 0 atom stereocenters. The second-order valence-corrected chi connectivity index (χ2v) is 6.34. The standard InChI is InChI=1S/C22H25N3O4/c1-4-6-17-11-16(12-19(22(17)28)29-5-2)14-23-25-21(27)13-20(26)24-18-9-7-15(3)8-10-18/h4,7-12,14,28H,1,5-6,13H2,2-3H3,(H,24,26)(H,25,27). The molecule has 7 heteroatoms. The lowest BCUT2D eigenvalue weighted by atomic mass is 10.1. The monoisotopic (exact) mass is 395 g/mol. The van der Waals surface area contributed by atoms with E-state index in [9.17, 15) is 14.7 Å². The van der Waals surface area contributed by atoms with Crippen LogP contribution < -0.4 is 15.5 Å². The topological polar surface area (TPSA) is 100 Å². The fourth-order valence-electron chi connectivity index (χ4n) is 2.55. The van der Waals surface area contributed by atoms with Crippen molar-refractivity contribution < 1.29 is 19.4 Å². The Bertz CT molecular complexity index is 905. The minimum atomic E-state index is -0.541. The maximum absolute atomic E-state index is 11.9. The Morgan fingerprint density at radius 1 is 1.21 bits per heavy atom. The van der Waals surface area contributed by atoms with Gasteiger partial charge in [-0.3, -0.25) is 9.59 Å². The van der Waals surface area contributed by atoms with Crippen LogP contribution in [0.3, 0.4) is 0 Å². The van der Waals surface area contributed by atoms with Crippen LogP contribution in [0, 0.1) is 6.92 Å². The number of carbonyl (C=O) groups excluding carboxylic acids is 2. The summed E-state index contributed by atoms with van der Waals surface area (Å²) >= 11 is 0. The molecule has 0 aliphatic rings. The highest BCUT2D eigenvalue weighted by Crippen LogP contribution is 2.31. The third-order valence-corrected chi connectivity index (χ3v) is 3.90. The van der Waals surface area contributed by atoms with E-state index in [1.165, 1.54) is 6.21 Å². The zero-order valence-electron chi connectivity index (χ0n) is 16.6. The predicted octanol–water partition coefficient (Wildman–Crippen LogP) is 3.31. The second-order valence-electron chi connectivity index (χ2n) is 6.34. The molecule has 0 bridgehead atoms. The largest absolute Gasteiger partial charge is 0.504 e. The summed E-state index contributed by atoms with van der Waals surface area (Å²) in [7, 11) is 0. The van der Waals surface area contributed by atoms with Gasteiger partial charge in [-0.05, 0) is 50.1 Å². The highest BCUT2D eigenvalue weighted by atomic mass is 16.5. The molecule has 0 radical (unpaired) electrons. The molecule has 0 aliphatic carbocycles. The van der Waals surface area contributed by atoms with E-state index in [4.69, 9.17) is 4.74 Å². The number of anilines is 1. The van der Waals surface area contributed by atoms with Gasteiger partial charge in [0.05, 0.1) is 12.8 Å².